The van der Waals surface area contributed by atoms with Crippen LogP contribution in [-0.4, -0.2) is 27.3 Å². The van der Waals surface area contributed by atoms with Gasteiger partial charge in [0.2, 0.25) is 0 Å². The van der Waals surface area contributed by atoms with Crippen molar-refractivity contribution in [2.75, 3.05) is 12.4 Å². The Balaban J connectivity index is 1.87. The maximum Gasteiger partial charge on any atom is 0.163 e. The van der Waals surface area contributed by atoms with E-state index in [0.717, 1.165) is 10.9 Å². The van der Waals surface area contributed by atoms with Crippen LogP contribution in [-0.2, 0) is 0 Å². The summed E-state index contributed by atoms with van der Waals surface area (Å²) in [5.74, 6) is 1.22. The smallest absolute Gasteiger partial charge is 0.163 e. The van der Waals surface area contributed by atoms with Gasteiger partial charge in [-0.15, -0.1) is 0 Å². The van der Waals surface area contributed by atoms with Crippen LogP contribution in [0.2, 0.25) is 5.02 Å². The maximum atomic E-state index is 13.4. The molecule has 0 atom stereocenters. The molecule has 0 saturated carbocycles. The molecule has 4 aromatic rings. The van der Waals surface area contributed by atoms with Crippen molar-refractivity contribution in [2.24, 2.45) is 0 Å². The highest BCUT2D eigenvalue weighted by Gasteiger charge is 2.12. The van der Waals surface area contributed by atoms with Gasteiger partial charge in [-0.05, 0) is 36.4 Å². The average molecular weight is 382 g/mol. The minimum absolute atomic E-state index is 0.0265. The van der Waals surface area contributed by atoms with Crippen LogP contribution in [0.5, 0.6) is 5.75 Å². The van der Waals surface area contributed by atoms with Crippen molar-refractivity contribution in [3.05, 3.63) is 65.7 Å². The normalized spacial score (nSPS) is 10.8. The van der Waals surface area contributed by atoms with Crippen molar-refractivity contribution in [1.82, 2.24) is 20.2 Å². The van der Waals surface area contributed by atoms with E-state index in [9.17, 15) is 4.39 Å². The highest BCUT2D eigenvalue weighted by molar-refractivity contribution is 6.31. The van der Waals surface area contributed by atoms with Crippen molar-refractivity contribution in [2.45, 2.75) is 0 Å². The van der Waals surface area contributed by atoms with E-state index >= 15 is 0 Å². The number of nitrogens with one attached hydrogen (secondary N) is 1. The summed E-state index contributed by atoms with van der Waals surface area (Å²) in [5.41, 5.74) is 2.01. The van der Waals surface area contributed by atoms with Crippen LogP contribution >= 0.6 is 11.6 Å². The summed E-state index contributed by atoms with van der Waals surface area (Å²) >= 11 is 5.89. The fraction of sp³-hybridized carbons (Fsp3) is 0.0526. The standard InChI is InChI=1S/C19H13ClFN5O/c1-27-13-3-4-14-17(9-13)25-18(11-6-7-22-23-10-11)26-19(14)24-12-2-5-16(21)15(20)8-12/h2-10H,1H3,(H,24,25,26). The van der Waals surface area contributed by atoms with Crippen molar-refractivity contribution in [1.29, 1.82) is 0 Å². The van der Waals surface area contributed by atoms with Crippen LogP contribution in [0.25, 0.3) is 22.3 Å². The molecule has 134 valence electrons. The van der Waals surface area contributed by atoms with Crippen LogP contribution in [0.15, 0.2) is 54.9 Å². The highest BCUT2D eigenvalue weighted by Crippen LogP contribution is 2.30. The molecule has 0 spiro atoms. The minimum Gasteiger partial charge on any atom is -0.497 e. The van der Waals surface area contributed by atoms with Gasteiger partial charge in [0.15, 0.2) is 5.82 Å². The second kappa shape index (κ2) is 7.13. The van der Waals surface area contributed by atoms with Crippen LogP contribution in [0.3, 0.4) is 0 Å². The zero-order chi connectivity index (χ0) is 18.8. The maximum absolute atomic E-state index is 13.4. The lowest BCUT2D eigenvalue weighted by Crippen LogP contribution is -2.00. The molecule has 0 aliphatic heterocycles. The van der Waals surface area contributed by atoms with E-state index in [1.165, 1.54) is 12.1 Å². The third-order valence-corrected chi connectivity index (χ3v) is 4.22. The number of hydrogen-bond donors (Lipinski definition) is 1. The Morgan fingerprint density at radius 2 is 1.93 bits per heavy atom. The molecule has 0 aliphatic rings. The molecule has 2 aromatic heterocycles. The van der Waals surface area contributed by atoms with E-state index in [2.05, 4.69) is 25.5 Å². The number of hydrogen-bond acceptors (Lipinski definition) is 6. The van der Waals surface area contributed by atoms with Crippen molar-refractivity contribution in [3.63, 3.8) is 0 Å². The molecule has 0 amide bonds. The molecule has 1 N–H and O–H groups in total. The molecular weight excluding hydrogens is 369 g/mol. The van der Waals surface area contributed by atoms with Gasteiger partial charge in [0.25, 0.3) is 0 Å². The van der Waals surface area contributed by atoms with Gasteiger partial charge >= 0.3 is 0 Å². The van der Waals surface area contributed by atoms with Crippen LogP contribution in [0, 0.1) is 5.82 Å². The van der Waals surface area contributed by atoms with Gasteiger partial charge in [-0.2, -0.15) is 10.2 Å². The number of aromatic nitrogens is 4. The summed E-state index contributed by atoms with van der Waals surface area (Å²) < 4.78 is 18.7. The fourth-order valence-corrected chi connectivity index (χ4v) is 2.77. The number of nitrogens with zero attached hydrogens (tertiary/aromatic N) is 4. The lowest BCUT2D eigenvalue weighted by atomic mass is 10.2. The quantitative estimate of drug-likeness (QED) is 0.555. The Morgan fingerprint density at radius 1 is 1.04 bits per heavy atom. The first kappa shape index (κ1) is 17.1. The molecule has 8 heteroatoms. The van der Waals surface area contributed by atoms with E-state index in [1.807, 2.05) is 18.2 Å². The Hall–Kier alpha value is -3.32. The lowest BCUT2D eigenvalue weighted by molar-refractivity contribution is 0.415. The Kier molecular flexibility index (Phi) is 4.52. The summed E-state index contributed by atoms with van der Waals surface area (Å²) in [6.07, 6.45) is 3.15. The highest BCUT2D eigenvalue weighted by atomic mass is 35.5. The Bertz CT molecular complexity index is 1120. The topological polar surface area (TPSA) is 72.8 Å². The molecule has 0 unspecified atom stereocenters. The number of benzene rings is 2. The first-order valence-corrected chi connectivity index (χ1v) is 8.37. The second-order valence-electron chi connectivity index (χ2n) is 5.66. The van der Waals surface area contributed by atoms with E-state index in [0.29, 0.717) is 28.6 Å². The molecule has 4 rings (SSSR count). The van der Waals surface area contributed by atoms with Crippen LogP contribution in [0.4, 0.5) is 15.9 Å². The molecule has 0 saturated heterocycles. The third kappa shape index (κ3) is 3.50. The summed E-state index contributed by atoms with van der Waals surface area (Å²) in [4.78, 5) is 9.21. The number of methoxy groups -OCH3 is 1. The molecule has 0 fully saturated rings. The van der Waals surface area contributed by atoms with Gasteiger partial charge in [0.1, 0.15) is 17.4 Å². The van der Waals surface area contributed by atoms with Crippen molar-refractivity contribution >= 4 is 34.0 Å². The van der Waals surface area contributed by atoms with Gasteiger partial charge in [-0.1, -0.05) is 11.6 Å². The fourth-order valence-electron chi connectivity index (χ4n) is 2.59. The first-order chi connectivity index (χ1) is 13.1. The molecule has 6 nitrogen and oxygen atoms in total. The van der Waals surface area contributed by atoms with Gasteiger partial charge in [-0.3, -0.25) is 0 Å². The SMILES string of the molecule is COc1ccc2c(Nc3ccc(F)c(Cl)c3)nc(-c3ccnnc3)nc2c1. The van der Waals surface area contributed by atoms with Crippen LogP contribution in [0.1, 0.15) is 0 Å². The molecule has 0 bridgehead atoms. The van der Waals surface area contributed by atoms with E-state index in [4.69, 9.17) is 16.3 Å². The van der Waals surface area contributed by atoms with Gasteiger partial charge < -0.3 is 10.1 Å². The predicted molar refractivity (Wildman–Crippen MR) is 102 cm³/mol. The predicted octanol–water partition coefficient (Wildman–Crippen LogP) is 4.63. The largest absolute Gasteiger partial charge is 0.497 e. The molecular formula is C19H13ClFN5O. The number of rotatable bonds is 4. The third-order valence-electron chi connectivity index (χ3n) is 3.93. The second-order valence-corrected chi connectivity index (χ2v) is 6.07. The lowest BCUT2D eigenvalue weighted by Gasteiger charge is -2.12. The molecule has 27 heavy (non-hydrogen) atoms. The summed E-state index contributed by atoms with van der Waals surface area (Å²) in [5, 5.41) is 11.6. The number of halogens is 2. The molecule has 2 aromatic carbocycles. The Morgan fingerprint density at radius 3 is 2.67 bits per heavy atom. The van der Waals surface area contributed by atoms with Gasteiger partial charge in [0.05, 0.1) is 30.0 Å². The summed E-state index contributed by atoms with van der Waals surface area (Å²) in [6.45, 7) is 0. The Labute approximate surface area is 159 Å². The monoisotopic (exact) mass is 381 g/mol. The number of ether oxygens (including phenoxy) is 1. The van der Waals surface area contributed by atoms with E-state index < -0.39 is 5.82 Å². The minimum atomic E-state index is -0.483. The molecule has 2 heterocycles. The summed E-state index contributed by atoms with van der Waals surface area (Å²) in [7, 11) is 1.59. The molecule has 0 radical (unpaired) electrons. The summed E-state index contributed by atoms with van der Waals surface area (Å²) in [6, 6.07) is 11.7. The number of fused-ring (bicyclic) bond motifs is 1. The zero-order valence-corrected chi connectivity index (χ0v) is 14.9. The first-order valence-electron chi connectivity index (χ1n) is 7.99. The zero-order valence-electron chi connectivity index (χ0n) is 14.1. The van der Waals surface area contributed by atoms with E-state index in [1.54, 1.807) is 31.6 Å². The van der Waals surface area contributed by atoms with E-state index in [-0.39, 0.29) is 5.02 Å². The van der Waals surface area contributed by atoms with Gasteiger partial charge in [-0.25, -0.2) is 14.4 Å². The average Bonchev–Trinajstić information content (AvgIpc) is 2.70. The van der Waals surface area contributed by atoms with Crippen molar-refractivity contribution < 1.29 is 9.13 Å². The molecule has 0 aliphatic carbocycles. The number of anilines is 2. The van der Waals surface area contributed by atoms with Crippen molar-refractivity contribution in [3.8, 4) is 17.1 Å². The van der Waals surface area contributed by atoms with Gasteiger partial charge in [0, 0.05) is 22.7 Å². The van der Waals surface area contributed by atoms with Crippen LogP contribution < -0.4 is 10.1 Å².